The topological polar surface area (TPSA) is 79.9 Å². The number of amides is 1. The second-order valence-corrected chi connectivity index (χ2v) is 7.52. The Morgan fingerprint density at radius 1 is 1.32 bits per heavy atom. The number of carbonyl (C=O) groups is 1. The molecule has 0 aliphatic heterocycles. The summed E-state index contributed by atoms with van der Waals surface area (Å²) < 4.78 is 5.50. The van der Waals surface area contributed by atoms with E-state index in [1.165, 1.54) is 0 Å². The maximum Gasteiger partial charge on any atom is 0.246 e. The Labute approximate surface area is 150 Å². The van der Waals surface area contributed by atoms with Crippen LogP contribution in [0.15, 0.2) is 18.2 Å². The van der Waals surface area contributed by atoms with Crippen LogP contribution in [0.5, 0.6) is 0 Å². The molecule has 0 aliphatic carbocycles. The number of hydrogen-bond donors (Lipinski definition) is 2. The number of aromatic amines is 1. The summed E-state index contributed by atoms with van der Waals surface area (Å²) in [6.07, 6.45) is 0. The molecule has 0 radical (unpaired) electrons. The molecule has 132 valence electrons. The van der Waals surface area contributed by atoms with E-state index in [4.69, 9.17) is 4.74 Å². The lowest BCUT2D eigenvalue weighted by atomic mass is 10.2. The zero-order valence-corrected chi connectivity index (χ0v) is 15.7. The molecule has 0 unspecified atom stereocenters. The van der Waals surface area contributed by atoms with Crippen LogP contribution in [0.3, 0.4) is 0 Å². The Balaban J connectivity index is 1.52. The minimum atomic E-state index is -0.162. The van der Waals surface area contributed by atoms with E-state index < -0.39 is 0 Å². The zero-order chi connectivity index (χ0) is 18.0. The number of benzene rings is 1. The van der Waals surface area contributed by atoms with E-state index in [0.29, 0.717) is 0 Å². The van der Waals surface area contributed by atoms with Crippen molar-refractivity contribution < 1.29 is 9.53 Å². The number of imidazole rings is 1. The van der Waals surface area contributed by atoms with Gasteiger partial charge in [0.2, 0.25) is 5.91 Å². The van der Waals surface area contributed by atoms with Gasteiger partial charge in [-0.2, -0.15) is 0 Å². The molecular weight excluding hydrogens is 336 g/mol. The van der Waals surface area contributed by atoms with E-state index in [0.717, 1.165) is 38.0 Å². The number of fused-ring (bicyclic) bond motifs is 1. The van der Waals surface area contributed by atoms with Crippen LogP contribution < -0.4 is 5.32 Å². The SMILES string of the molecule is Cc1nc([C@@H](C)NC(=O)COCc2nc3c(C)cccc3[nH]2)c(C)s1. The van der Waals surface area contributed by atoms with Crippen LogP contribution in [0, 0.1) is 20.8 Å². The normalized spacial score (nSPS) is 12.5. The van der Waals surface area contributed by atoms with Crippen LogP contribution in [0.4, 0.5) is 0 Å². The van der Waals surface area contributed by atoms with Crippen molar-refractivity contribution in [2.24, 2.45) is 0 Å². The third kappa shape index (κ3) is 4.05. The first-order chi connectivity index (χ1) is 11.9. The molecule has 1 amide bonds. The number of aromatic nitrogens is 3. The third-order valence-corrected chi connectivity index (χ3v) is 4.86. The highest BCUT2D eigenvalue weighted by Gasteiger charge is 2.15. The smallest absolute Gasteiger partial charge is 0.246 e. The fourth-order valence-electron chi connectivity index (χ4n) is 2.83. The van der Waals surface area contributed by atoms with E-state index in [-0.39, 0.29) is 25.2 Å². The minimum Gasteiger partial charge on any atom is -0.364 e. The summed E-state index contributed by atoms with van der Waals surface area (Å²) in [5.41, 5.74) is 3.95. The Morgan fingerprint density at radius 2 is 2.12 bits per heavy atom. The lowest BCUT2D eigenvalue weighted by Gasteiger charge is -2.12. The number of para-hydroxylation sites is 1. The highest BCUT2D eigenvalue weighted by atomic mass is 32.1. The van der Waals surface area contributed by atoms with E-state index in [2.05, 4.69) is 20.3 Å². The molecule has 1 atom stereocenters. The molecular formula is C18H22N4O2S. The van der Waals surface area contributed by atoms with E-state index in [9.17, 15) is 4.79 Å². The molecule has 2 heterocycles. The maximum absolute atomic E-state index is 12.1. The molecule has 0 bridgehead atoms. The van der Waals surface area contributed by atoms with Gasteiger partial charge in [-0.15, -0.1) is 11.3 Å². The first kappa shape index (κ1) is 17.6. The molecule has 6 nitrogen and oxygen atoms in total. The van der Waals surface area contributed by atoms with E-state index in [1.807, 2.05) is 45.9 Å². The van der Waals surface area contributed by atoms with Crippen LogP contribution in [0.2, 0.25) is 0 Å². The van der Waals surface area contributed by atoms with Crippen molar-refractivity contribution in [3.63, 3.8) is 0 Å². The number of aryl methyl sites for hydroxylation is 3. The second kappa shape index (κ2) is 7.33. The van der Waals surface area contributed by atoms with Gasteiger partial charge in [0, 0.05) is 4.88 Å². The Hall–Kier alpha value is -2.25. The Morgan fingerprint density at radius 3 is 2.80 bits per heavy atom. The number of rotatable bonds is 6. The maximum atomic E-state index is 12.1. The van der Waals surface area contributed by atoms with Gasteiger partial charge in [0.05, 0.1) is 27.8 Å². The van der Waals surface area contributed by atoms with Crippen molar-refractivity contribution >= 4 is 28.3 Å². The summed E-state index contributed by atoms with van der Waals surface area (Å²) >= 11 is 1.64. The third-order valence-electron chi connectivity index (χ3n) is 3.96. The van der Waals surface area contributed by atoms with Gasteiger partial charge in [-0.25, -0.2) is 9.97 Å². The van der Waals surface area contributed by atoms with Crippen LogP contribution in [0.1, 0.15) is 39.9 Å². The van der Waals surface area contributed by atoms with Crippen LogP contribution in [-0.4, -0.2) is 27.5 Å². The molecule has 0 saturated carbocycles. The predicted molar refractivity (Wildman–Crippen MR) is 98.6 cm³/mol. The summed E-state index contributed by atoms with van der Waals surface area (Å²) in [5, 5.41) is 3.93. The van der Waals surface area contributed by atoms with Gasteiger partial charge in [0.25, 0.3) is 0 Å². The number of thiazole rings is 1. The van der Waals surface area contributed by atoms with E-state index >= 15 is 0 Å². The van der Waals surface area contributed by atoms with Crippen molar-refractivity contribution in [2.45, 2.75) is 40.3 Å². The first-order valence-corrected chi connectivity index (χ1v) is 9.01. The molecule has 1 aromatic carbocycles. The molecule has 2 aromatic heterocycles. The van der Waals surface area contributed by atoms with Crippen LogP contribution >= 0.6 is 11.3 Å². The molecule has 0 fully saturated rings. The zero-order valence-electron chi connectivity index (χ0n) is 14.8. The predicted octanol–water partition coefficient (Wildman–Crippen LogP) is 3.34. The van der Waals surface area contributed by atoms with Gasteiger partial charge in [-0.1, -0.05) is 12.1 Å². The average Bonchev–Trinajstić information content (AvgIpc) is 3.11. The molecule has 7 heteroatoms. The molecule has 2 N–H and O–H groups in total. The molecule has 0 aliphatic rings. The molecule has 3 rings (SSSR count). The molecule has 25 heavy (non-hydrogen) atoms. The lowest BCUT2D eigenvalue weighted by Crippen LogP contribution is -2.30. The highest BCUT2D eigenvalue weighted by Crippen LogP contribution is 2.22. The summed E-state index contributed by atoms with van der Waals surface area (Å²) in [7, 11) is 0. The first-order valence-electron chi connectivity index (χ1n) is 8.19. The summed E-state index contributed by atoms with van der Waals surface area (Å²) in [4.78, 5) is 25.4. The molecule has 0 spiro atoms. The van der Waals surface area contributed by atoms with Crippen molar-refractivity contribution in [1.29, 1.82) is 0 Å². The summed E-state index contributed by atoms with van der Waals surface area (Å²) in [6, 6.07) is 5.85. The number of ether oxygens (including phenoxy) is 1. The minimum absolute atomic E-state index is 0.0114. The van der Waals surface area contributed by atoms with Gasteiger partial charge in [-0.05, 0) is 39.3 Å². The fourth-order valence-corrected chi connectivity index (χ4v) is 3.75. The Kier molecular flexibility index (Phi) is 5.15. The number of hydrogen-bond acceptors (Lipinski definition) is 5. The average molecular weight is 358 g/mol. The second-order valence-electron chi connectivity index (χ2n) is 6.11. The van der Waals surface area contributed by atoms with Crippen molar-refractivity contribution in [1.82, 2.24) is 20.3 Å². The standard InChI is InChI=1S/C18H22N4O2S/c1-10-6-5-7-14-17(10)22-15(21-14)8-24-9-16(23)19-11(2)18-12(3)25-13(4)20-18/h5-7,11H,8-9H2,1-4H3,(H,19,23)(H,21,22)/t11-/m1/s1. The quantitative estimate of drug-likeness (QED) is 0.708. The highest BCUT2D eigenvalue weighted by molar-refractivity contribution is 7.11. The van der Waals surface area contributed by atoms with Crippen molar-refractivity contribution in [2.75, 3.05) is 6.61 Å². The summed E-state index contributed by atoms with van der Waals surface area (Å²) in [6.45, 7) is 8.19. The van der Waals surface area contributed by atoms with E-state index in [1.54, 1.807) is 11.3 Å². The largest absolute Gasteiger partial charge is 0.364 e. The van der Waals surface area contributed by atoms with Gasteiger partial charge in [0.1, 0.15) is 19.0 Å². The van der Waals surface area contributed by atoms with Gasteiger partial charge >= 0.3 is 0 Å². The van der Waals surface area contributed by atoms with Crippen LogP contribution in [0.25, 0.3) is 11.0 Å². The monoisotopic (exact) mass is 358 g/mol. The number of carbonyl (C=O) groups excluding carboxylic acids is 1. The van der Waals surface area contributed by atoms with Crippen molar-refractivity contribution in [3.05, 3.63) is 45.2 Å². The lowest BCUT2D eigenvalue weighted by molar-refractivity contribution is -0.126. The Bertz CT molecular complexity index is 900. The fraction of sp³-hybridized carbons (Fsp3) is 0.389. The molecule has 0 saturated heterocycles. The number of nitrogens with one attached hydrogen (secondary N) is 2. The van der Waals surface area contributed by atoms with Crippen molar-refractivity contribution in [3.8, 4) is 0 Å². The van der Waals surface area contributed by atoms with Gasteiger partial charge < -0.3 is 15.0 Å². The van der Waals surface area contributed by atoms with Gasteiger partial charge in [0.15, 0.2) is 0 Å². The van der Waals surface area contributed by atoms with Crippen LogP contribution in [-0.2, 0) is 16.1 Å². The van der Waals surface area contributed by atoms with Gasteiger partial charge in [-0.3, -0.25) is 4.79 Å². The number of nitrogens with zero attached hydrogens (tertiary/aromatic N) is 2. The number of H-pyrrole nitrogens is 1. The molecule has 3 aromatic rings. The summed E-state index contributed by atoms with van der Waals surface area (Å²) in [5.74, 6) is 0.556.